The van der Waals surface area contributed by atoms with Gasteiger partial charge in [-0.1, -0.05) is 36.4 Å². The highest BCUT2D eigenvalue weighted by molar-refractivity contribution is 5.98. The van der Waals surface area contributed by atoms with E-state index in [0.717, 1.165) is 38.6 Å². The molecule has 2 aliphatic heterocycles. The van der Waals surface area contributed by atoms with Crippen LogP contribution in [-0.2, 0) is 23.1 Å². The summed E-state index contributed by atoms with van der Waals surface area (Å²) in [6.07, 6.45) is 2.64. The average molecular weight is 398 g/mol. The third kappa shape index (κ3) is 2.19. The Kier molecular flexibility index (Phi) is 3.46. The minimum absolute atomic E-state index is 0.00987. The maximum absolute atomic E-state index is 13.2. The Bertz CT molecular complexity index is 1350. The van der Waals surface area contributed by atoms with Crippen LogP contribution < -0.4 is 0 Å². The summed E-state index contributed by atoms with van der Waals surface area (Å²) < 4.78 is 2.10. The number of rotatable bonds is 1. The van der Waals surface area contributed by atoms with Gasteiger partial charge in [-0.25, -0.2) is 0 Å². The van der Waals surface area contributed by atoms with Gasteiger partial charge in [-0.2, -0.15) is 0 Å². The first kappa shape index (κ1) is 17.3. The van der Waals surface area contributed by atoms with Gasteiger partial charge in [0, 0.05) is 59.8 Å². The highest BCUT2D eigenvalue weighted by Gasteiger charge is 2.47. The topological polar surface area (TPSA) is 61.3 Å². The first-order chi connectivity index (χ1) is 14.5. The first-order valence-electron chi connectivity index (χ1n) is 10.2. The van der Waals surface area contributed by atoms with Gasteiger partial charge < -0.3 is 19.4 Å². The molecular weight excluding hydrogens is 376 g/mol. The Morgan fingerprint density at radius 2 is 1.70 bits per heavy atom. The minimum atomic E-state index is -0.480. The minimum Gasteiger partial charge on any atom is -0.356 e. The van der Waals surface area contributed by atoms with Gasteiger partial charge in [0.2, 0.25) is 11.8 Å². The van der Waals surface area contributed by atoms with Crippen molar-refractivity contribution in [2.24, 2.45) is 7.05 Å². The number of hydrogen-bond donors (Lipinski definition) is 1. The van der Waals surface area contributed by atoms with E-state index in [1.807, 2.05) is 36.2 Å². The molecule has 2 aromatic heterocycles. The second-order valence-electron chi connectivity index (χ2n) is 8.39. The standard InChI is InChI=1S/C24H22N4O2/c1-26-12-17(15-8-4-6-10-19(15)26)23-22-16(14-7-3-5-9-18(14)25-22)11-20-24(30)27(2)13-21(29)28(20)23/h3-10,12,20,23,25H,11,13H2,1-2H3. The Morgan fingerprint density at radius 1 is 0.967 bits per heavy atom. The van der Waals surface area contributed by atoms with Gasteiger partial charge in [-0.05, 0) is 17.7 Å². The molecule has 0 spiro atoms. The smallest absolute Gasteiger partial charge is 0.245 e. The molecule has 2 amide bonds. The molecule has 1 fully saturated rings. The van der Waals surface area contributed by atoms with E-state index in [9.17, 15) is 9.59 Å². The number of aromatic amines is 1. The largest absolute Gasteiger partial charge is 0.356 e. The van der Waals surface area contributed by atoms with Gasteiger partial charge in [-0.15, -0.1) is 0 Å². The summed E-state index contributed by atoms with van der Waals surface area (Å²) in [5.41, 5.74) is 5.37. The fourth-order valence-corrected chi connectivity index (χ4v) is 5.32. The van der Waals surface area contributed by atoms with Crippen molar-refractivity contribution in [2.75, 3.05) is 13.6 Å². The number of nitrogens with one attached hydrogen (secondary N) is 1. The second kappa shape index (κ2) is 5.98. The number of likely N-dealkylation sites (N-methyl/N-ethyl adjacent to an activating group) is 1. The van der Waals surface area contributed by atoms with E-state index >= 15 is 0 Å². The Hall–Kier alpha value is -3.54. The van der Waals surface area contributed by atoms with E-state index in [1.54, 1.807) is 11.9 Å². The lowest BCUT2D eigenvalue weighted by atomic mass is 9.86. The molecule has 2 aromatic carbocycles. The number of benzene rings is 2. The quantitative estimate of drug-likeness (QED) is 0.536. The summed E-state index contributed by atoms with van der Waals surface area (Å²) in [6, 6.07) is 15.6. The van der Waals surface area contributed by atoms with Crippen LogP contribution >= 0.6 is 0 Å². The number of aryl methyl sites for hydroxylation is 1. The molecular formula is C24H22N4O2. The normalized spacial score (nSPS) is 21.4. The molecule has 2 atom stereocenters. The lowest BCUT2D eigenvalue weighted by molar-refractivity contribution is -0.157. The molecule has 0 saturated carbocycles. The van der Waals surface area contributed by atoms with E-state index < -0.39 is 6.04 Å². The zero-order valence-corrected chi connectivity index (χ0v) is 16.9. The van der Waals surface area contributed by atoms with Crippen molar-refractivity contribution in [1.82, 2.24) is 19.4 Å². The number of amides is 2. The van der Waals surface area contributed by atoms with Gasteiger partial charge in [0.15, 0.2) is 0 Å². The zero-order valence-electron chi connectivity index (χ0n) is 16.9. The molecule has 6 rings (SSSR count). The summed E-state index contributed by atoms with van der Waals surface area (Å²) >= 11 is 0. The van der Waals surface area contributed by atoms with Crippen LogP contribution in [0.25, 0.3) is 21.8 Å². The first-order valence-corrected chi connectivity index (χ1v) is 10.2. The molecule has 6 heteroatoms. The van der Waals surface area contributed by atoms with Gasteiger partial charge in [0.25, 0.3) is 0 Å². The van der Waals surface area contributed by atoms with Crippen molar-refractivity contribution in [2.45, 2.75) is 18.5 Å². The molecule has 4 heterocycles. The average Bonchev–Trinajstić information content (AvgIpc) is 3.29. The molecule has 0 aliphatic carbocycles. The number of H-pyrrole nitrogens is 1. The summed E-state index contributed by atoms with van der Waals surface area (Å²) in [5.74, 6) is 0.000100. The van der Waals surface area contributed by atoms with Crippen LogP contribution in [0.5, 0.6) is 0 Å². The third-order valence-electron chi connectivity index (χ3n) is 6.68. The van der Waals surface area contributed by atoms with Crippen LogP contribution in [0.2, 0.25) is 0 Å². The Labute approximate surface area is 173 Å². The van der Waals surface area contributed by atoms with Crippen LogP contribution in [0.1, 0.15) is 22.9 Å². The SMILES string of the molecule is CN1CC(=O)N2C(Cc3c([nH]c4ccccc34)C2c2cn(C)c3ccccc23)C1=O. The highest BCUT2D eigenvalue weighted by atomic mass is 16.2. The molecule has 0 bridgehead atoms. The molecule has 2 unspecified atom stereocenters. The number of para-hydroxylation sites is 2. The monoisotopic (exact) mass is 398 g/mol. The van der Waals surface area contributed by atoms with Gasteiger partial charge in [0.05, 0.1) is 6.54 Å². The van der Waals surface area contributed by atoms with Crippen molar-refractivity contribution in [3.63, 3.8) is 0 Å². The van der Waals surface area contributed by atoms with Crippen LogP contribution in [0, 0.1) is 0 Å². The number of hydrogen-bond acceptors (Lipinski definition) is 2. The fourth-order valence-electron chi connectivity index (χ4n) is 5.32. The molecule has 6 nitrogen and oxygen atoms in total. The van der Waals surface area contributed by atoms with Crippen LogP contribution in [-0.4, -0.2) is 50.8 Å². The summed E-state index contributed by atoms with van der Waals surface area (Å²) in [4.78, 5) is 33.4. The van der Waals surface area contributed by atoms with E-state index in [4.69, 9.17) is 0 Å². The second-order valence-corrected chi connectivity index (χ2v) is 8.39. The number of carbonyl (C=O) groups excluding carboxylic acids is 2. The maximum Gasteiger partial charge on any atom is 0.245 e. The third-order valence-corrected chi connectivity index (χ3v) is 6.68. The van der Waals surface area contributed by atoms with Crippen LogP contribution in [0.15, 0.2) is 54.7 Å². The molecule has 4 aromatic rings. The molecule has 2 aliphatic rings. The number of aromatic nitrogens is 2. The summed E-state index contributed by atoms with van der Waals surface area (Å²) in [7, 11) is 3.74. The molecule has 0 radical (unpaired) electrons. The van der Waals surface area contributed by atoms with Crippen molar-refractivity contribution >= 4 is 33.6 Å². The predicted octanol–water partition coefficient (Wildman–Crippen LogP) is 2.97. The lowest BCUT2D eigenvalue weighted by Crippen LogP contribution is -2.62. The number of fused-ring (bicyclic) bond motifs is 5. The van der Waals surface area contributed by atoms with Gasteiger partial charge >= 0.3 is 0 Å². The number of piperazine rings is 1. The van der Waals surface area contributed by atoms with E-state index in [2.05, 4.69) is 40.0 Å². The Morgan fingerprint density at radius 3 is 2.53 bits per heavy atom. The molecule has 1 N–H and O–H groups in total. The van der Waals surface area contributed by atoms with E-state index in [1.165, 1.54) is 0 Å². The lowest BCUT2D eigenvalue weighted by Gasteiger charge is -2.46. The number of nitrogens with zero attached hydrogens (tertiary/aromatic N) is 3. The van der Waals surface area contributed by atoms with Gasteiger partial charge in [-0.3, -0.25) is 9.59 Å². The van der Waals surface area contributed by atoms with Crippen molar-refractivity contribution in [3.05, 3.63) is 71.5 Å². The maximum atomic E-state index is 13.2. The summed E-state index contributed by atoms with van der Waals surface area (Å²) in [5, 5.41) is 2.24. The van der Waals surface area contributed by atoms with E-state index in [0.29, 0.717) is 6.42 Å². The highest BCUT2D eigenvalue weighted by Crippen LogP contribution is 2.44. The molecule has 30 heavy (non-hydrogen) atoms. The van der Waals surface area contributed by atoms with Crippen molar-refractivity contribution in [3.8, 4) is 0 Å². The van der Waals surface area contributed by atoms with E-state index in [-0.39, 0.29) is 24.4 Å². The Balaban J connectivity index is 1.67. The molecule has 150 valence electrons. The van der Waals surface area contributed by atoms with Crippen LogP contribution in [0.4, 0.5) is 0 Å². The van der Waals surface area contributed by atoms with Crippen molar-refractivity contribution < 1.29 is 9.59 Å². The predicted molar refractivity (Wildman–Crippen MR) is 115 cm³/mol. The summed E-state index contributed by atoms with van der Waals surface area (Å²) in [6.45, 7) is 0.117. The number of carbonyl (C=O) groups is 2. The fraction of sp³-hybridized carbons (Fsp3) is 0.250. The van der Waals surface area contributed by atoms with Crippen molar-refractivity contribution in [1.29, 1.82) is 0 Å². The van der Waals surface area contributed by atoms with Gasteiger partial charge in [0.1, 0.15) is 12.1 Å². The zero-order chi connectivity index (χ0) is 20.6. The van der Waals surface area contributed by atoms with Crippen LogP contribution in [0.3, 0.4) is 0 Å². The molecule has 1 saturated heterocycles.